The quantitative estimate of drug-likeness (QED) is 0.657. The standard InChI is InChI=1S/C20H21BrN4/c1-13-6-7-18(14(2)9-13)25-20-17(5-3-4-8-23-20)19(24-25)15-10-16(21)12-22-11-15/h6-7,9-12,23H,3-5,8H2,1-2H3. The first-order valence-electron chi connectivity index (χ1n) is 8.68. The van der Waals surface area contributed by atoms with Gasteiger partial charge in [0.15, 0.2) is 0 Å². The molecule has 4 rings (SSSR count). The first kappa shape index (κ1) is 16.3. The van der Waals surface area contributed by atoms with Crippen LogP contribution in [0, 0.1) is 13.8 Å². The van der Waals surface area contributed by atoms with Crippen LogP contribution in [0.1, 0.15) is 29.5 Å². The van der Waals surface area contributed by atoms with Gasteiger partial charge in [-0.3, -0.25) is 4.98 Å². The number of rotatable bonds is 2. The molecule has 1 aliphatic heterocycles. The summed E-state index contributed by atoms with van der Waals surface area (Å²) in [6.45, 7) is 5.25. The third kappa shape index (κ3) is 3.09. The van der Waals surface area contributed by atoms with Gasteiger partial charge in [-0.1, -0.05) is 17.7 Å². The molecule has 5 heteroatoms. The van der Waals surface area contributed by atoms with Gasteiger partial charge in [0.05, 0.1) is 11.4 Å². The second-order valence-electron chi connectivity index (χ2n) is 6.65. The van der Waals surface area contributed by atoms with Crippen molar-refractivity contribution in [3.05, 3.63) is 57.8 Å². The predicted octanol–water partition coefficient (Wildman–Crippen LogP) is 5.06. The highest BCUT2D eigenvalue weighted by Crippen LogP contribution is 2.35. The number of nitrogens with one attached hydrogen (secondary N) is 1. The van der Waals surface area contributed by atoms with E-state index >= 15 is 0 Å². The lowest BCUT2D eigenvalue weighted by atomic mass is 10.1. The molecule has 0 bridgehead atoms. The van der Waals surface area contributed by atoms with E-state index in [1.54, 1.807) is 0 Å². The smallest absolute Gasteiger partial charge is 0.133 e. The maximum Gasteiger partial charge on any atom is 0.133 e. The average Bonchev–Trinajstić information content (AvgIpc) is 2.77. The third-order valence-corrected chi connectivity index (χ3v) is 5.12. The Labute approximate surface area is 156 Å². The number of benzene rings is 1. The van der Waals surface area contributed by atoms with Crippen molar-refractivity contribution in [3.8, 4) is 16.9 Å². The summed E-state index contributed by atoms with van der Waals surface area (Å²) in [5, 5.41) is 8.61. The Morgan fingerprint density at radius 3 is 2.80 bits per heavy atom. The lowest BCUT2D eigenvalue weighted by molar-refractivity contribution is 0.779. The molecule has 3 aromatic rings. The molecule has 0 atom stereocenters. The summed E-state index contributed by atoms with van der Waals surface area (Å²) in [5.74, 6) is 1.12. The molecule has 4 nitrogen and oxygen atoms in total. The number of anilines is 1. The maximum atomic E-state index is 5.00. The van der Waals surface area contributed by atoms with Gasteiger partial charge in [-0.25, -0.2) is 4.68 Å². The Kier molecular flexibility index (Phi) is 4.34. The molecule has 128 valence electrons. The van der Waals surface area contributed by atoms with Crippen LogP contribution in [0.15, 0.2) is 41.1 Å². The molecule has 0 saturated heterocycles. The predicted molar refractivity (Wildman–Crippen MR) is 105 cm³/mol. The van der Waals surface area contributed by atoms with Crippen molar-refractivity contribution in [3.63, 3.8) is 0 Å². The van der Waals surface area contributed by atoms with Gasteiger partial charge in [0.2, 0.25) is 0 Å². The van der Waals surface area contributed by atoms with E-state index in [1.807, 2.05) is 12.4 Å². The number of nitrogens with zero attached hydrogens (tertiary/aromatic N) is 3. The van der Waals surface area contributed by atoms with Crippen molar-refractivity contribution >= 4 is 21.7 Å². The molecule has 2 aromatic heterocycles. The Balaban J connectivity index is 1.93. The largest absolute Gasteiger partial charge is 0.370 e. The topological polar surface area (TPSA) is 42.7 Å². The molecule has 1 aromatic carbocycles. The van der Waals surface area contributed by atoms with Crippen molar-refractivity contribution in [1.29, 1.82) is 0 Å². The fraction of sp³-hybridized carbons (Fsp3) is 0.300. The van der Waals surface area contributed by atoms with E-state index < -0.39 is 0 Å². The Bertz CT molecular complexity index is 929. The van der Waals surface area contributed by atoms with Crippen LogP contribution in [0.25, 0.3) is 16.9 Å². The summed E-state index contributed by atoms with van der Waals surface area (Å²) in [6, 6.07) is 8.61. The molecule has 3 heterocycles. The van der Waals surface area contributed by atoms with Gasteiger partial charge in [0, 0.05) is 34.5 Å². The SMILES string of the molecule is Cc1ccc(-n2nc(-c3cncc(Br)c3)c3c2NCCCC3)c(C)c1. The highest BCUT2D eigenvalue weighted by molar-refractivity contribution is 9.10. The summed E-state index contributed by atoms with van der Waals surface area (Å²) in [7, 11) is 0. The van der Waals surface area contributed by atoms with E-state index in [9.17, 15) is 0 Å². The van der Waals surface area contributed by atoms with Crippen LogP contribution in [0.5, 0.6) is 0 Å². The number of aryl methyl sites for hydroxylation is 2. The van der Waals surface area contributed by atoms with Gasteiger partial charge < -0.3 is 5.32 Å². The van der Waals surface area contributed by atoms with Crippen molar-refractivity contribution in [1.82, 2.24) is 14.8 Å². The van der Waals surface area contributed by atoms with Crippen LogP contribution in [-0.2, 0) is 6.42 Å². The fourth-order valence-electron chi connectivity index (χ4n) is 3.49. The second-order valence-corrected chi connectivity index (χ2v) is 7.57. The number of fused-ring (bicyclic) bond motifs is 1. The Morgan fingerprint density at radius 1 is 1.12 bits per heavy atom. The third-order valence-electron chi connectivity index (χ3n) is 4.69. The summed E-state index contributed by atoms with van der Waals surface area (Å²) in [4.78, 5) is 4.33. The molecular formula is C20H21BrN4. The van der Waals surface area contributed by atoms with Gasteiger partial charge in [-0.2, -0.15) is 5.10 Å². The van der Waals surface area contributed by atoms with E-state index in [-0.39, 0.29) is 0 Å². The van der Waals surface area contributed by atoms with Gasteiger partial charge >= 0.3 is 0 Å². The van der Waals surface area contributed by atoms with Gasteiger partial charge in [0.25, 0.3) is 0 Å². The Hall–Kier alpha value is -2.14. The minimum atomic E-state index is 0.974. The number of hydrogen-bond donors (Lipinski definition) is 1. The van der Waals surface area contributed by atoms with Crippen LogP contribution in [0.4, 0.5) is 5.82 Å². The van der Waals surface area contributed by atoms with Crippen molar-refractivity contribution in [2.45, 2.75) is 33.1 Å². The van der Waals surface area contributed by atoms with Crippen molar-refractivity contribution in [2.24, 2.45) is 0 Å². The summed E-state index contributed by atoms with van der Waals surface area (Å²) in [5.41, 5.74) is 7.00. The number of halogens is 1. The highest BCUT2D eigenvalue weighted by Gasteiger charge is 2.22. The van der Waals surface area contributed by atoms with Gasteiger partial charge in [-0.05, 0) is 66.7 Å². The van der Waals surface area contributed by atoms with Crippen LogP contribution < -0.4 is 5.32 Å². The van der Waals surface area contributed by atoms with Crippen LogP contribution in [0.3, 0.4) is 0 Å². The lowest BCUT2D eigenvalue weighted by Crippen LogP contribution is -2.08. The zero-order valence-electron chi connectivity index (χ0n) is 14.5. The van der Waals surface area contributed by atoms with E-state index in [0.717, 1.165) is 40.2 Å². The van der Waals surface area contributed by atoms with Crippen LogP contribution in [-0.4, -0.2) is 21.3 Å². The monoisotopic (exact) mass is 396 g/mol. The average molecular weight is 397 g/mol. The van der Waals surface area contributed by atoms with E-state index in [4.69, 9.17) is 5.10 Å². The summed E-state index contributed by atoms with van der Waals surface area (Å²) in [6.07, 6.45) is 7.09. The van der Waals surface area contributed by atoms with Gasteiger partial charge in [0.1, 0.15) is 5.82 Å². The van der Waals surface area contributed by atoms with Crippen LogP contribution in [0.2, 0.25) is 0 Å². The second kappa shape index (κ2) is 6.64. The molecule has 0 amide bonds. The molecule has 1 aliphatic rings. The first-order chi connectivity index (χ1) is 12.1. The minimum Gasteiger partial charge on any atom is -0.370 e. The van der Waals surface area contributed by atoms with Crippen molar-refractivity contribution in [2.75, 3.05) is 11.9 Å². The molecule has 0 spiro atoms. The van der Waals surface area contributed by atoms with Crippen LogP contribution >= 0.6 is 15.9 Å². The number of aromatic nitrogens is 3. The zero-order valence-corrected chi connectivity index (χ0v) is 16.1. The van der Waals surface area contributed by atoms with E-state index in [2.05, 4.69) is 69.0 Å². The normalized spacial score (nSPS) is 13.9. The summed E-state index contributed by atoms with van der Waals surface area (Å²) >= 11 is 3.53. The molecular weight excluding hydrogens is 376 g/mol. The van der Waals surface area contributed by atoms with E-state index in [1.165, 1.54) is 29.5 Å². The zero-order chi connectivity index (χ0) is 17.4. The Morgan fingerprint density at radius 2 is 2.00 bits per heavy atom. The van der Waals surface area contributed by atoms with Crippen molar-refractivity contribution < 1.29 is 0 Å². The molecule has 0 saturated carbocycles. The molecule has 0 fully saturated rings. The number of pyridine rings is 1. The lowest BCUT2D eigenvalue weighted by Gasteiger charge is -2.12. The fourth-order valence-corrected chi connectivity index (χ4v) is 3.86. The minimum absolute atomic E-state index is 0.974. The molecule has 0 unspecified atom stereocenters. The molecule has 0 aliphatic carbocycles. The molecule has 0 radical (unpaired) electrons. The molecule has 1 N–H and O–H groups in total. The summed E-state index contributed by atoms with van der Waals surface area (Å²) < 4.78 is 3.05. The van der Waals surface area contributed by atoms with Gasteiger partial charge in [-0.15, -0.1) is 0 Å². The maximum absolute atomic E-state index is 5.00. The van der Waals surface area contributed by atoms with E-state index in [0.29, 0.717) is 0 Å². The first-order valence-corrected chi connectivity index (χ1v) is 9.47. The number of hydrogen-bond acceptors (Lipinski definition) is 3. The highest BCUT2D eigenvalue weighted by atomic mass is 79.9. The molecule has 25 heavy (non-hydrogen) atoms.